The van der Waals surface area contributed by atoms with Gasteiger partial charge in [0.25, 0.3) is 0 Å². The lowest BCUT2D eigenvalue weighted by molar-refractivity contribution is -0.137. The maximum atomic E-state index is 12.2. The average Bonchev–Trinajstić information content (AvgIpc) is 2.16. The Morgan fingerprint density at radius 2 is 1.71 bits per heavy atom. The maximum absolute atomic E-state index is 12.2. The van der Waals surface area contributed by atoms with Gasteiger partial charge in [-0.25, -0.2) is 8.42 Å². The van der Waals surface area contributed by atoms with E-state index in [4.69, 9.17) is 5.11 Å². The van der Waals surface area contributed by atoms with Gasteiger partial charge in [-0.2, -0.15) is 13.2 Å². The number of halogens is 3. The van der Waals surface area contributed by atoms with E-state index in [0.29, 0.717) is 0 Å². The van der Waals surface area contributed by atoms with Gasteiger partial charge < -0.3 is 5.11 Å². The molecule has 0 amide bonds. The molecule has 0 aliphatic heterocycles. The summed E-state index contributed by atoms with van der Waals surface area (Å²) in [6, 6.07) is 3.57. The molecule has 0 aliphatic rings. The predicted molar refractivity (Wildman–Crippen MR) is 55.9 cm³/mol. The van der Waals surface area contributed by atoms with Crippen molar-refractivity contribution in [2.75, 3.05) is 17.1 Å². The number of benzene rings is 1. The molecular formula is C9H10F3NO3S. The summed E-state index contributed by atoms with van der Waals surface area (Å²) in [5.41, 5.74) is -0.839. The van der Waals surface area contributed by atoms with Crippen LogP contribution in [0.25, 0.3) is 0 Å². The van der Waals surface area contributed by atoms with Gasteiger partial charge >= 0.3 is 6.18 Å². The summed E-state index contributed by atoms with van der Waals surface area (Å²) in [6.07, 6.45) is -4.46. The van der Waals surface area contributed by atoms with Gasteiger partial charge in [-0.15, -0.1) is 0 Å². The van der Waals surface area contributed by atoms with Crippen molar-refractivity contribution >= 4 is 15.7 Å². The Morgan fingerprint density at radius 3 is 2.12 bits per heavy atom. The Labute approximate surface area is 96.1 Å². The zero-order chi connectivity index (χ0) is 13.1. The van der Waals surface area contributed by atoms with Crippen LogP contribution in [0.15, 0.2) is 24.3 Å². The van der Waals surface area contributed by atoms with Crippen molar-refractivity contribution in [2.45, 2.75) is 6.18 Å². The second-order valence-electron chi connectivity index (χ2n) is 3.22. The van der Waals surface area contributed by atoms with Crippen molar-refractivity contribution in [1.82, 2.24) is 0 Å². The van der Waals surface area contributed by atoms with Gasteiger partial charge in [0.05, 0.1) is 17.9 Å². The molecule has 0 bridgehead atoms. The molecule has 0 aliphatic carbocycles. The Balaban J connectivity index is 2.83. The molecular weight excluding hydrogens is 259 g/mol. The van der Waals surface area contributed by atoms with Crippen LogP contribution in [0.5, 0.6) is 0 Å². The van der Waals surface area contributed by atoms with Crippen LogP contribution in [0.4, 0.5) is 18.9 Å². The molecule has 1 aromatic rings. The average molecular weight is 269 g/mol. The second kappa shape index (κ2) is 4.92. The predicted octanol–water partition coefficient (Wildman–Crippen LogP) is 1.44. The smallest absolute Gasteiger partial charge is 0.395 e. The van der Waals surface area contributed by atoms with Crippen LogP contribution in [0.1, 0.15) is 5.56 Å². The van der Waals surface area contributed by atoms with E-state index in [9.17, 15) is 21.6 Å². The monoisotopic (exact) mass is 269 g/mol. The van der Waals surface area contributed by atoms with Gasteiger partial charge in [-0.3, -0.25) is 4.72 Å². The van der Waals surface area contributed by atoms with Crippen molar-refractivity contribution in [3.05, 3.63) is 29.8 Å². The molecule has 17 heavy (non-hydrogen) atoms. The first-order valence-corrected chi connectivity index (χ1v) is 6.18. The van der Waals surface area contributed by atoms with Gasteiger partial charge in [-0.05, 0) is 24.3 Å². The number of aliphatic hydroxyl groups excluding tert-OH is 1. The molecule has 0 spiro atoms. The van der Waals surface area contributed by atoms with Crippen LogP contribution in [0, 0.1) is 0 Å². The fourth-order valence-corrected chi connectivity index (χ4v) is 1.92. The molecule has 0 atom stereocenters. The van der Waals surface area contributed by atoms with Gasteiger partial charge in [0, 0.05) is 5.69 Å². The van der Waals surface area contributed by atoms with Crippen molar-refractivity contribution in [3.8, 4) is 0 Å². The maximum Gasteiger partial charge on any atom is 0.416 e. The van der Waals surface area contributed by atoms with Crippen LogP contribution < -0.4 is 4.72 Å². The fourth-order valence-electron chi connectivity index (χ4n) is 1.08. The minimum Gasteiger partial charge on any atom is -0.395 e. The molecule has 8 heteroatoms. The fraction of sp³-hybridized carbons (Fsp3) is 0.333. The number of anilines is 1. The van der Waals surface area contributed by atoms with E-state index in [0.717, 1.165) is 24.3 Å². The molecule has 4 nitrogen and oxygen atoms in total. The molecule has 0 fully saturated rings. The minimum absolute atomic E-state index is 0.0199. The van der Waals surface area contributed by atoms with Gasteiger partial charge in [0.1, 0.15) is 0 Å². The Hall–Kier alpha value is -1.28. The van der Waals surface area contributed by atoms with Gasteiger partial charge in [0.15, 0.2) is 0 Å². The highest BCUT2D eigenvalue weighted by atomic mass is 32.2. The highest BCUT2D eigenvalue weighted by Crippen LogP contribution is 2.29. The normalized spacial score (nSPS) is 12.5. The van der Waals surface area contributed by atoms with Gasteiger partial charge in [-0.1, -0.05) is 0 Å². The molecule has 0 heterocycles. The summed E-state index contributed by atoms with van der Waals surface area (Å²) in [6.45, 7) is -0.560. The standard InChI is InChI=1S/C9H10F3NO3S/c10-9(11,12)7-1-3-8(4-2-7)13-17(15,16)6-5-14/h1-4,13-14H,5-6H2. The number of alkyl halides is 3. The summed E-state index contributed by atoms with van der Waals surface area (Å²) in [5.74, 6) is -0.506. The largest absolute Gasteiger partial charge is 0.416 e. The SMILES string of the molecule is O=S(=O)(CCO)Nc1ccc(C(F)(F)F)cc1. The van der Waals surface area contributed by atoms with E-state index in [2.05, 4.69) is 0 Å². The summed E-state index contributed by atoms with van der Waals surface area (Å²) in [7, 11) is -3.71. The number of nitrogens with one attached hydrogen (secondary N) is 1. The molecule has 1 aromatic carbocycles. The molecule has 0 radical (unpaired) electrons. The third-order valence-corrected chi connectivity index (χ3v) is 3.11. The molecule has 0 unspecified atom stereocenters. The quantitative estimate of drug-likeness (QED) is 0.869. The lowest BCUT2D eigenvalue weighted by Gasteiger charge is -2.09. The van der Waals surface area contributed by atoms with Crippen molar-refractivity contribution in [1.29, 1.82) is 0 Å². The zero-order valence-corrected chi connectivity index (χ0v) is 9.35. The zero-order valence-electron chi connectivity index (χ0n) is 8.53. The third kappa shape index (κ3) is 4.23. The lowest BCUT2D eigenvalue weighted by atomic mass is 10.2. The van der Waals surface area contributed by atoms with E-state index in [-0.39, 0.29) is 5.69 Å². The van der Waals surface area contributed by atoms with Crippen LogP contribution in [0.3, 0.4) is 0 Å². The molecule has 0 aromatic heterocycles. The molecule has 0 saturated heterocycles. The van der Waals surface area contributed by atoms with Gasteiger partial charge in [0.2, 0.25) is 10.0 Å². The highest BCUT2D eigenvalue weighted by Gasteiger charge is 2.30. The molecule has 1 rings (SSSR count). The van der Waals surface area contributed by atoms with E-state index in [1.807, 2.05) is 4.72 Å². The summed E-state index contributed by atoms with van der Waals surface area (Å²) in [5, 5.41) is 8.46. The first kappa shape index (κ1) is 13.8. The number of aliphatic hydroxyl groups is 1. The molecule has 0 saturated carbocycles. The highest BCUT2D eigenvalue weighted by molar-refractivity contribution is 7.92. The molecule has 96 valence electrons. The number of rotatable bonds is 4. The van der Waals surface area contributed by atoms with E-state index in [1.165, 1.54) is 0 Å². The van der Waals surface area contributed by atoms with Crippen LogP contribution in [-0.4, -0.2) is 25.9 Å². The Bertz CT molecular complexity index is 467. The number of hydrogen-bond acceptors (Lipinski definition) is 3. The van der Waals surface area contributed by atoms with Crippen molar-refractivity contribution in [3.63, 3.8) is 0 Å². The third-order valence-electron chi connectivity index (χ3n) is 1.85. The Morgan fingerprint density at radius 1 is 1.18 bits per heavy atom. The minimum atomic E-state index is -4.46. The molecule has 2 N–H and O–H groups in total. The van der Waals surface area contributed by atoms with Crippen molar-refractivity contribution in [2.24, 2.45) is 0 Å². The van der Waals surface area contributed by atoms with Crippen LogP contribution in [-0.2, 0) is 16.2 Å². The summed E-state index contributed by atoms with van der Waals surface area (Å²) >= 11 is 0. The topological polar surface area (TPSA) is 66.4 Å². The van der Waals surface area contributed by atoms with E-state index < -0.39 is 34.1 Å². The van der Waals surface area contributed by atoms with E-state index in [1.54, 1.807) is 0 Å². The van der Waals surface area contributed by atoms with Crippen LogP contribution >= 0.6 is 0 Å². The number of sulfonamides is 1. The first-order chi connectivity index (χ1) is 7.74. The first-order valence-electron chi connectivity index (χ1n) is 4.53. The number of hydrogen-bond donors (Lipinski definition) is 2. The second-order valence-corrected chi connectivity index (χ2v) is 5.06. The van der Waals surface area contributed by atoms with Crippen LogP contribution in [0.2, 0.25) is 0 Å². The van der Waals surface area contributed by atoms with Crippen molar-refractivity contribution < 1.29 is 26.7 Å². The summed E-state index contributed by atoms with van der Waals surface area (Å²) in [4.78, 5) is 0. The lowest BCUT2D eigenvalue weighted by Crippen LogP contribution is -2.18. The van der Waals surface area contributed by atoms with E-state index >= 15 is 0 Å². The summed E-state index contributed by atoms with van der Waals surface area (Å²) < 4.78 is 61.0. The Kier molecular flexibility index (Phi) is 3.99.